The number of rotatable bonds is 3. The van der Waals surface area contributed by atoms with Crippen molar-refractivity contribution < 1.29 is 9.90 Å². The summed E-state index contributed by atoms with van der Waals surface area (Å²) in [5.41, 5.74) is 0.271. The first-order chi connectivity index (χ1) is 15.4. The Morgan fingerprint density at radius 3 is 2.19 bits per heavy atom. The summed E-state index contributed by atoms with van der Waals surface area (Å²) in [6, 6.07) is 22.7. The van der Waals surface area contributed by atoms with Crippen LogP contribution in [0.3, 0.4) is 0 Å². The second-order valence-electron chi connectivity index (χ2n) is 7.78. The second kappa shape index (κ2) is 7.22. The number of nitrogens with zero attached hydrogens (tertiary/aromatic N) is 3. The van der Waals surface area contributed by atoms with Crippen molar-refractivity contribution in [3.05, 3.63) is 117 Å². The molecule has 160 valence electrons. The number of para-hydroxylation sites is 1. The molecule has 0 aliphatic carbocycles. The van der Waals surface area contributed by atoms with Gasteiger partial charge >= 0.3 is 0 Å². The van der Waals surface area contributed by atoms with Crippen LogP contribution in [0.25, 0.3) is 5.69 Å². The molecular formula is C25H20ClN3O3. The van der Waals surface area contributed by atoms with Gasteiger partial charge in [-0.15, -0.1) is 0 Å². The maximum Gasteiger partial charge on any atom is 0.295 e. The predicted octanol–water partition coefficient (Wildman–Crippen LogP) is 3.99. The van der Waals surface area contributed by atoms with E-state index in [0.717, 1.165) is 0 Å². The lowest BCUT2D eigenvalue weighted by atomic mass is 9.93. The zero-order valence-electron chi connectivity index (χ0n) is 17.5. The van der Waals surface area contributed by atoms with Crippen LogP contribution in [-0.2, 0) is 12.8 Å². The number of hydrogen-bond acceptors (Lipinski definition) is 3. The molecule has 5 rings (SSSR count). The van der Waals surface area contributed by atoms with E-state index in [-0.39, 0.29) is 5.69 Å². The molecule has 0 saturated heterocycles. The van der Waals surface area contributed by atoms with Gasteiger partial charge in [-0.1, -0.05) is 60.1 Å². The SMILES string of the molecule is Cc1c(N2C(=O)c3ccccc3[C@@]2(O)c2ccc(Cl)cc2)c(=O)n(-c2ccccc2)n1C. The van der Waals surface area contributed by atoms with Crippen LogP contribution in [-0.4, -0.2) is 20.4 Å². The Hall–Kier alpha value is -3.61. The zero-order valence-corrected chi connectivity index (χ0v) is 18.2. The highest BCUT2D eigenvalue weighted by atomic mass is 35.5. The van der Waals surface area contributed by atoms with Crippen molar-refractivity contribution in [1.29, 1.82) is 0 Å². The zero-order chi connectivity index (χ0) is 22.6. The van der Waals surface area contributed by atoms with Gasteiger partial charge in [0.25, 0.3) is 11.5 Å². The van der Waals surface area contributed by atoms with Crippen molar-refractivity contribution in [3.8, 4) is 5.69 Å². The third-order valence-electron chi connectivity index (χ3n) is 6.05. The highest BCUT2D eigenvalue weighted by Crippen LogP contribution is 2.45. The van der Waals surface area contributed by atoms with Crippen molar-refractivity contribution in [2.75, 3.05) is 4.90 Å². The average molecular weight is 446 g/mol. The first kappa shape index (κ1) is 20.3. The Kier molecular flexibility index (Phi) is 4.58. The fraction of sp³-hybridized carbons (Fsp3) is 0.120. The Balaban J connectivity index is 1.81. The molecule has 1 aromatic heterocycles. The molecule has 1 aliphatic heterocycles. The Morgan fingerprint density at radius 1 is 0.875 bits per heavy atom. The average Bonchev–Trinajstić information content (AvgIpc) is 3.16. The van der Waals surface area contributed by atoms with Crippen LogP contribution in [0.4, 0.5) is 5.69 Å². The summed E-state index contributed by atoms with van der Waals surface area (Å²) in [5, 5.41) is 12.6. The van der Waals surface area contributed by atoms with Gasteiger partial charge in [-0.25, -0.2) is 4.68 Å². The molecule has 32 heavy (non-hydrogen) atoms. The number of aromatic nitrogens is 2. The molecule has 6 nitrogen and oxygen atoms in total. The van der Waals surface area contributed by atoms with Crippen molar-refractivity contribution in [1.82, 2.24) is 9.36 Å². The molecule has 0 unspecified atom stereocenters. The van der Waals surface area contributed by atoms with Gasteiger partial charge < -0.3 is 5.11 Å². The number of aliphatic hydroxyl groups is 1. The fourth-order valence-electron chi connectivity index (χ4n) is 4.40. The fourth-order valence-corrected chi connectivity index (χ4v) is 4.53. The number of hydrogen-bond donors (Lipinski definition) is 1. The lowest BCUT2D eigenvalue weighted by Crippen LogP contribution is -2.47. The lowest BCUT2D eigenvalue weighted by molar-refractivity contribution is 0.0701. The maximum atomic E-state index is 13.7. The van der Waals surface area contributed by atoms with Crippen molar-refractivity contribution in [2.24, 2.45) is 7.05 Å². The van der Waals surface area contributed by atoms with Crippen LogP contribution >= 0.6 is 11.6 Å². The number of benzene rings is 3. The quantitative estimate of drug-likeness (QED) is 0.518. The second-order valence-corrected chi connectivity index (χ2v) is 8.21. The molecule has 1 atom stereocenters. The molecule has 0 saturated carbocycles. The monoisotopic (exact) mass is 445 g/mol. The molecule has 0 fully saturated rings. The third-order valence-corrected chi connectivity index (χ3v) is 6.31. The van der Waals surface area contributed by atoms with Crippen LogP contribution < -0.4 is 10.5 Å². The molecule has 1 amide bonds. The molecule has 2 heterocycles. The van der Waals surface area contributed by atoms with Crippen molar-refractivity contribution in [3.63, 3.8) is 0 Å². The smallest absolute Gasteiger partial charge is 0.295 e. The van der Waals surface area contributed by atoms with Gasteiger partial charge in [0, 0.05) is 28.8 Å². The molecular weight excluding hydrogens is 426 g/mol. The van der Waals surface area contributed by atoms with E-state index in [2.05, 4.69) is 0 Å². The van der Waals surface area contributed by atoms with Gasteiger partial charge in [0.15, 0.2) is 5.72 Å². The first-order valence-electron chi connectivity index (χ1n) is 10.1. The minimum atomic E-state index is -1.86. The number of halogens is 1. The van der Waals surface area contributed by atoms with Gasteiger partial charge in [0.1, 0.15) is 5.69 Å². The van der Waals surface area contributed by atoms with Crippen LogP contribution in [0, 0.1) is 6.92 Å². The number of anilines is 1. The minimum absolute atomic E-state index is 0.120. The molecule has 3 aromatic carbocycles. The summed E-state index contributed by atoms with van der Waals surface area (Å²) in [4.78, 5) is 28.5. The molecule has 0 radical (unpaired) electrons. The summed E-state index contributed by atoms with van der Waals surface area (Å²) in [5.74, 6) is -0.441. The molecule has 1 aliphatic rings. The van der Waals surface area contributed by atoms with Gasteiger partial charge in [0.05, 0.1) is 11.4 Å². The molecule has 1 N–H and O–H groups in total. The van der Waals surface area contributed by atoms with Gasteiger partial charge in [-0.2, -0.15) is 0 Å². The summed E-state index contributed by atoms with van der Waals surface area (Å²) < 4.78 is 3.18. The third kappa shape index (κ3) is 2.70. The van der Waals surface area contributed by atoms with Crippen molar-refractivity contribution in [2.45, 2.75) is 12.6 Å². The van der Waals surface area contributed by atoms with Gasteiger partial charge in [-0.05, 0) is 37.3 Å². The van der Waals surface area contributed by atoms with Gasteiger partial charge in [0.2, 0.25) is 0 Å². The van der Waals surface area contributed by atoms with E-state index >= 15 is 0 Å². The van der Waals surface area contributed by atoms with E-state index in [4.69, 9.17) is 11.6 Å². The van der Waals surface area contributed by atoms with Crippen LogP contribution in [0.1, 0.15) is 27.2 Å². The summed E-state index contributed by atoms with van der Waals surface area (Å²) in [6.45, 7) is 1.76. The first-order valence-corrected chi connectivity index (χ1v) is 10.5. The topological polar surface area (TPSA) is 67.5 Å². The molecule has 7 heteroatoms. The number of carbonyl (C=O) groups is 1. The summed E-state index contributed by atoms with van der Waals surface area (Å²) in [7, 11) is 1.75. The normalized spacial score (nSPS) is 17.6. The van der Waals surface area contributed by atoms with Crippen LogP contribution in [0.15, 0.2) is 83.7 Å². The number of fused-ring (bicyclic) bond motifs is 1. The van der Waals surface area contributed by atoms with E-state index in [1.54, 1.807) is 67.2 Å². The highest BCUT2D eigenvalue weighted by Gasteiger charge is 2.52. The minimum Gasteiger partial charge on any atom is -0.363 e. The van der Waals surface area contributed by atoms with Crippen molar-refractivity contribution >= 4 is 23.2 Å². The Labute approximate surface area is 189 Å². The van der Waals surface area contributed by atoms with E-state index < -0.39 is 17.2 Å². The largest absolute Gasteiger partial charge is 0.363 e. The highest BCUT2D eigenvalue weighted by molar-refractivity contribution is 6.30. The Bertz CT molecular complexity index is 1410. The van der Waals surface area contributed by atoms with Gasteiger partial charge in [-0.3, -0.25) is 19.2 Å². The standard InChI is InChI=1S/C25H20ClN3O3/c1-16-22(24(31)29(27(16)2)19-8-4-3-5-9-19)28-23(30)20-10-6-7-11-21(20)25(28,32)17-12-14-18(26)15-13-17/h3-15,32H,1-2H3/t25-/m0/s1. The molecule has 0 spiro atoms. The maximum absolute atomic E-state index is 13.7. The predicted molar refractivity (Wildman–Crippen MR) is 123 cm³/mol. The van der Waals surface area contributed by atoms with E-state index in [0.29, 0.717) is 33.1 Å². The number of carbonyl (C=O) groups excluding carboxylic acids is 1. The van der Waals surface area contributed by atoms with E-state index in [9.17, 15) is 14.7 Å². The van der Waals surface area contributed by atoms with Crippen LogP contribution in [0.2, 0.25) is 5.02 Å². The Morgan fingerprint density at radius 2 is 1.50 bits per heavy atom. The summed E-state index contributed by atoms with van der Waals surface area (Å²) >= 11 is 6.07. The molecule has 0 bridgehead atoms. The molecule has 4 aromatic rings. The van der Waals surface area contributed by atoms with E-state index in [1.807, 2.05) is 30.3 Å². The number of amides is 1. The lowest BCUT2D eigenvalue weighted by Gasteiger charge is -2.34. The van der Waals surface area contributed by atoms with E-state index in [1.165, 1.54) is 9.58 Å². The van der Waals surface area contributed by atoms with Crippen LogP contribution in [0.5, 0.6) is 0 Å². The summed E-state index contributed by atoms with van der Waals surface area (Å²) in [6.07, 6.45) is 0.